The van der Waals surface area contributed by atoms with Crippen molar-refractivity contribution < 1.29 is 36.3 Å². The predicted molar refractivity (Wildman–Crippen MR) is 242 cm³/mol. The summed E-state index contributed by atoms with van der Waals surface area (Å²) in [5.74, 6) is -3.23. The fourth-order valence-electron chi connectivity index (χ4n) is 7.05. The van der Waals surface area contributed by atoms with Crippen LogP contribution in [-0.4, -0.2) is 48.2 Å². The molecule has 0 aliphatic rings. The summed E-state index contributed by atoms with van der Waals surface area (Å²) in [6, 6.07) is 22.1. The second-order valence-corrected chi connectivity index (χ2v) is 25.6. The molecule has 0 aliphatic heterocycles. The molecular formula is C47H54BrF2N3O6SSi. The molecule has 9 nitrogen and oxygen atoms in total. The van der Waals surface area contributed by atoms with Crippen molar-refractivity contribution in [1.82, 2.24) is 13.8 Å². The number of aliphatic carboxylic acids is 1. The molecule has 4 aromatic carbocycles. The van der Waals surface area contributed by atoms with Gasteiger partial charge in [-0.05, 0) is 103 Å². The molecular weight excluding hydrogens is 881 g/mol. The lowest BCUT2D eigenvalue weighted by Gasteiger charge is -2.39. The highest BCUT2D eigenvalue weighted by Crippen LogP contribution is 2.40. The van der Waals surface area contributed by atoms with Gasteiger partial charge in [-0.2, -0.15) is 5.10 Å². The molecule has 6 rings (SSSR count). The zero-order valence-corrected chi connectivity index (χ0v) is 39.3. The Hall–Kier alpha value is -4.63. The van der Waals surface area contributed by atoms with Gasteiger partial charge >= 0.3 is 5.97 Å². The third-order valence-corrected chi connectivity index (χ3v) is 18.4. The Kier molecular flexibility index (Phi) is 13.5. The second kappa shape index (κ2) is 18.0. The number of unbranched alkanes of at least 4 members (excludes halogenated alkanes) is 1. The van der Waals surface area contributed by atoms with Gasteiger partial charge in [0.25, 0.3) is 10.0 Å². The van der Waals surface area contributed by atoms with Gasteiger partial charge in [0, 0.05) is 46.1 Å². The van der Waals surface area contributed by atoms with E-state index in [1.54, 1.807) is 18.2 Å². The molecule has 0 bridgehead atoms. The zero-order chi connectivity index (χ0) is 44.5. The Balaban J connectivity index is 1.26. The SMILES string of the molecule is Cc1ccc(S(=O)(=O)n2ccc3c(CC(=O)O)c(Oc4ccc(F)c(-c5ccn(C(CCCCC(C)(C)CO[Si](C)(C)C(C)(C)C)c6cccc(Br)c6)n5)c4)c(F)cc32)cc1. The molecule has 0 saturated heterocycles. The quantitative estimate of drug-likeness (QED) is 0.0716. The number of benzene rings is 4. The summed E-state index contributed by atoms with van der Waals surface area (Å²) in [5.41, 5.74) is 2.22. The van der Waals surface area contributed by atoms with E-state index in [4.69, 9.17) is 14.3 Å². The van der Waals surface area contributed by atoms with Gasteiger partial charge in [0.2, 0.25) is 0 Å². The van der Waals surface area contributed by atoms with E-state index in [1.165, 1.54) is 42.6 Å². The first-order valence-corrected chi connectivity index (χ1v) is 25.5. The number of nitrogens with zero attached hydrogens (tertiary/aromatic N) is 3. The number of ether oxygens (including phenoxy) is 1. The van der Waals surface area contributed by atoms with Crippen molar-refractivity contribution in [3.63, 3.8) is 0 Å². The first kappa shape index (κ1) is 45.9. The standard InChI is InChI=1S/C47H54BrF2N3O6SSi/c1-31-15-18-35(19-16-31)60(56,57)53-25-21-36-37(28-44(54)55)45(40(50)29-43(36)53)59-34-17-20-39(49)38(27-34)41-22-24-52(51-41)42(32-12-11-13-33(48)26-32)14-9-10-23-47(5,6)30-58-61(7,8)46(2,3)4/h11-13,15-22,24-27,29,42H,9-10,14,23,28,30H2,1-8H3,(H,54,55). The summed E-state index contributed by atoms with van der Waals surface area (Å²) in [4.78, 5) is 12.1. The van der Waals surface area contributed by atoms with Crippen molar-refractivity contribution in [2.75, 3.05) is 6.61 Å². The molecule has 61 heavy (non-hydrogen) atoms. The normalized spacial score (nSPS) is 13.2. The third kappa shape index (κ3) is 10.5. The van der Waals surface area contributed by atoms with Crippen LogP contribution >= 0.6 is 15.9 Å². The number of fused-ring (bicyclic) bond motifs is 1. The first-order valence-electron chi connectivity index (χ1n) is 20.4. The fraction of sp³-hybridized carbons (Fsp3) is 0.362. The first-order chi connectivity index (χ1) is 28.6. The van der Waals surface area contributed by atoms with Gasteiger partial charge in [-0.15, -0.1) is 0 Å². The number of carboxylic acid groups (broad SMARTS) is 1. The molecule has 0 spiro atoms. The second-order valence-electron chi connectivity index (χ2n) is 18.1. The van der Waals surface area contributed by atoms with Crippen molar-refractivity contribution in [3.8, 4) is 22.8 Å². The van der Waals surface area contributed by atoms with Crippen LogP contribution in [0.3, 0.4) is 0 Å². The van der Waals surface area contributed by atoms with Crippen molar-refractivity contribution in [3.05, 3.63) is 130 Å². The van der Waals surface area contributed by atoms with E-state index in [1.807, 2.05) is 29.9 Å². The Bertz CT molecular complexity index is 2650. The van der Waals surface area contributed by atoms with Crippen LogP contribution in [0, 0.1) is 24.0 Å². The van der Waals surface area contributed by atoms with Gasteiger partial charge in [0.15, 0.2) is 19.9 Å². The van der Waals surface area contributed by atoms with Crippen LogP contribution in [0.5, 0.6) is 11.5 Å². The molecule has 0 fully saturated rings. The maximum atomic E-state index is 16.1. The molecule has 0 saturated carbocycles. The summed E-state index contributed by atoms with van der Waals surface area (Å²) < 4.78 is 75.2. The number of aryl methyl sites for hydroxylation is 1. The summed E-state index contributed by atoms with van der Waals surface area (Å²) >= 11 is 3.61. The fourth-order valence-corrected chi connectivity index (χ4v) is 9.99. The maximum absolute atomic E-state index is 16.1. The summed E-state index contributed by atoms with van der Waals surface area (Å²) in [6.07, 6.45) is 6.09. The van der Waals surface area contributed by atoms with Gasteiger partial charge in [-0.25, -0.2) is 21.2 Å². The molecule has 0 amide bonds. The minimum atomic E-state index is -4.16. The van der Waals surface area contributed by atoms with Crippen LogP contribution < -0.4 is 4.74 Å². The predicted octanol–water partition coefficient (Wildman–Crippen LogP) is 12.7. The lowest BCUT2D eigenvalue weighted by Crippen LogP contribution is -2.43. The Morgan fingerprint density at radius 1 is 0.918 bits per heavy atom. The van der Waals surface area contributed by atoms with Crippen molar-refractivity contribution in [2.24, 2.45) is 5.41 Å². The van der Waals surface area contributed by atoms with Crippen LogP contribution in [0.1, 0.15) is 83.0 Å². The number of halogens is 3. The van der Waals surface area contributed by atoms with Gasteiger partial charge in [-0.3, -0.25) is 9.48 Å². The highest BCUT2D eigenvalue weighted by atomic mass is 79.9. The number of rotatable bonds is 17. The highest BCUT2D eigenvalue weighted by Gasteiger charge is 2.38. The molecule has 1 unspecified atom stereocenters. The molecule has 0 aliphatic carbocycles. The van der Waals surface area contributed by atoms with Gasteiger partial charge in [-0.1, -0.05) is 93.2 Å². The average molecular weight is 935 g/mol. The molecule has 2 heterocycles. The third-order valence-electron chi connectivity index (χ3n) is 11.7. The van der Waals surface area contributed by atoms with E-state index >= 15 is 8.78 Å². The molecule has 14 heteroatoms. The monoisotopic (exact) mass is 933 g/mol. The maximum Gasteiger partial charge on any atom is 0.307 e. The molecule has 324 valence electrons. The summed E-state index contributed by atoms with van der Waals surface area (Å²) in [7, 11) is -6.03. The molecule has 0 radical (unpaired) electrons. The number of carboxylic acids is 1. The van der Waals surface area contributed by atoms with Crippen molar-refractivity contribution in [1.29, 1.82) is 0 Å². The van der Waals surface area contributed by atoms with Crippen LogP contribution in [0.4, 0.5) is 8.78 Å². The van der Waals surface area contributed by atoms with Crippen LogP contribution in [-0.2, 0) is 25.7 Å². The van der Waals surface area contributed by atoms with E-state index in [0.29, 0.717) is 12.3 Å². The Labute approximate surface area is 367 Å². The van der Waals surface area contributed by atoms with E-state index in [0.717, 1.165) is 51.3 Å². The number of carbonyl (C=O) groups is 1. The van der Waals surface area contributed by atoms with E-state index < -0.39 is 48.1 Å². The minimum Gasteiger partial charge on any atom is -0.481 e. The zero-order valence-electron chi connectivity index (χ0n) is 35.9. The smallest absolute Gasteiger partial charge is 0.307 e. The topological polar surface area (TPSA) is 113 Å². The number of aromatic nitrogens is 3. The van der Waals surface area contributed by atoms with E-state index in [9.17, 15) is 18.3 Å². The van der Waals surface area contributed by atoms with Gasteiger partial charge < -0.3 is 14.3 Å². The number of hydrogen-bond donors (Lipinski definition) is 1. The van der Waals surface area contributed by atoms with Gasteiger partial charge in [0.05, 0.1) is 28.6 Å². The largest absolute Gasteiger partial charge is 0.481 e. The summed E-state index contributed by atoms with van der Waals surface area (Å²) in [6.45, 7) is 18.4. The van der Waals surface area contributed by atoms with Crippen LogP contribution in [0.25, 0.3) is 22.2 Å². The minimum absolute atomic E-state index is 0.0113. The lowest BCUT2D eigenvalue weighted by atomic mass is 9.87. The van der Waals surface area contributed by atoms with Crippen molar-refractivity contribution >= 4 is 51.1 Å². The Morgan fingerprint density at radius 3 is 2.31 bits per heavy atom. The molecule has 2 aromatic heterocycles. The van der Waals surface area contributed by atoms with Crippen LogP contribution in [0.2, 0.25) is 18.1 Å². The average Bonchev–Trinajstić information content (AvgIpc) is 3.84. The lowest BCUT2D eigenvalue weighted by molar-refractivity contribution is -0.136. The van der Waals surface area contributed by atoms with E-state index in [-0.39, 0.29) is 49.2 Å². The molecule has 1 N–H and O–H groups in total. The highest BCUT2D eigenvalue weighted by molar-refractivity contribution is 9.10. The van der Waals surface area contributed by atoms with Crippen molar-refractivity contribution in [2.45, 2.75) is 103 Å². The molecule has 1 atom stereocenters. The van der Waals surface area contributed by atoms with Gasteiger partial charge in [0.1, 0.15) is 11.6 Å². The molecule has 6 aromatic rings. The number of hydrogen-bond acceptors (Lipinski definition) is 6. The Morgan fingerprint density at radius 2 is 1.64 bits per heavy atom. The van der Waals surface area contributed by atoms with E-state index in [2.05, 4.69) is 75.8 Å². The van der Waals surface area contributed by atoms with Crippen LogP contribution in [0.15, 0.2) is 107 Å². The summed E-state index contributed by atoms with van der Waals surface area (Å²) in [5, 5.41) is 15.0.